The predicted octanol–water partition coefficient (Wildman–Crippen LogP) is 1.67. The first-order chi connectivity index (χ1) is 12.6. The van der Waals surface area contributed by atoms with Crippen LogP contribution >= 0.6 is 0 Å². The van der Waals surface area contributed by atoms with Gasteiger partial charge in [-0.1, -0.05) is 36.8 Å². The average Bonchev–Trinajstić information content (AvgIpc) is 3.21. The van der Waals surface area contributed by atoms with Crippen LogP contribution in [-0.2, 0) is 4.79 Å². The summed E-state index contributed by atoms with van der Waals surface area (Å²) in [6.07, 6.45) is 3.74. The molecular formula is C18H21N5O3. The van der Waals surface area contributed by atoms with E-state index in [0.29, 0.717) is 12.8 Å². The van der Waals surface area contributed by atoms with Crippen LogP contribution in [-0.4, -0.2) is 39.1 Å². The summed E-state index contributed by atoms with van der Waals surface area (Å²) in [5.41, 5.74) is 6.81. The molecule has 8 nitrogen and oxygen atoms in total. The molecule has 1 aromatic carbocycles. The lowest BCUT2D eigenvalue weighted by Gasteiger charge is -2.32. The fourth-order valence-electron chi connectivity index (χ4n) is 4.08. The summed E-state index contributed by atoms with van der Waals surface area (Å²) in [5, 5.41) is 10.3. The maximum absolute atomic E-state index is 13.2. The molecule has 2 aromatic rings. The molecule has 26 heavy (non-hydrogen) atoms. The van der Waals surface area contributed by atoms with Crippen LogP contribution in [0.25, 0.3) is 0 Å². The Hall–Kier alpha value is -2.90. The van der Waals surface area contributed by atoms with Crippen molar-refractivity contribution in [3.8, 4) is 0 Å². The SMILES string of the molecule is Nc1nonc1C(=O)N1[C@H](c2ccccc2)C[C@H]2NC(=O)CCCC[C@@H]21. The summed E-state index contributed by atoms with van der Waals surface area (Å²) in [4.78, 5) is 27.1. The number of hydrogen-bond acceptors (Lipinski definition) is 6. The Kier molecular flexibility index (Phi) is 4.32. The summed E-state index contributed by atoms with van der Waals surface area (Å²) in [6.45, 7) is 0. The average molecular weight is 355 g/mol. The molecule has 2 saturated heterocycles. The van der Waals surface area contributed by atoms with Crippen LogP contribution in [0.5, 0.6) is 0 Å². The normalized spacial score (nSPS) is 25.9. The van der Waals surface area contributed by atoms with E-state index in [1.54, 1.807) is 0 Å². The number of amides is 2. The van der Waals surface area contributed by atoms with Crippen LogP contribution < -0.4 is 11.1 Å². The van der Waals surface area contributed by atoms with Crippen molar-refractivity contribution >= 4 is 17.6 Å². The first-order valence-electron chi connectivity index (χ1n) is 8.90. The number of nitrogen functional groups attached to an aromatic ring is 1. The lowest BCUT2D eigenvalue weighted by molar-refractivity contribution is -0.122. The van der Waals surface area contributed by atoms with Gasteiger partial charge in [-0.25, -0.2) is 4.63 Å². The number of carbonyl (C=O) groups excluding carboxylic acids is 2. The number of rotatable bonds is 2. The van der Waals surface area contributed by atoms with Crippen molar-refractivity contribution in [1.82, 2.24) is 20.5 Å². The third-order valence-corrected chi connectivity index (χ3v) is 5.27. The number of likely N-dealkylation sites (tertiary alicyclic amines) is 1. The summed E-state index contributed by atoms with van der Waals surface area (Å²) in [6, 6.07) is 9.48. The molecule has 136 valence electrons. The van der Waals surface area contributed by atoms with Gasteiger partial charge in [0.25, 0.3) is 5.91 Å². The third-order valence-electron chi connectivity index (χ3n) is 5.27. The third kappa shape index (κ3) is 2.91. The van der Waals surface area contributed by atoms with Gasteiger partial charge in [0.1, 0.15) is 0 Å². The molecule has 2 aliphatic heterocycles. The topological polar surface area (TPSA) is 114 Å². The highest BCUT2D eigenvalue weighted by Crippen LogP contribution is 2.40. The van der Waals surface area contributed by atoms with E-state index in [9.17, 15) is 9.59 Å². The second-order valence-corrected chi connectivity index (χ2v) is 6.86. The van der Waals surface area contributed by atoms with Crippen molar-refractivity contribution in [1.29, 1.82) is 0 Å². The van der Waals surface area contributed by atoms with E-state index in [1.807, 2.05) is 35.2 Å². The van der Waals surface area contributed by atoms with E-state index in [1.165, 1.54) is 0 Å². The zero-order chi connectivity index (χ0) is 18.1. The lowest BCUT2D eigenvalue weighted by Crippen LogP contribution is -2.48. The lowest BCUT2D eigenvalue weighted by atomic mass is 9.97. The fourth-order valence-corrected chi connectivity index (χ4v) is 4.08. The predicted molar refractivity (Wildman–Crippen MR) is 92.9 cm³/mol. The Morgan fingerprint density at radius 2 is 2.04 bits per heavy atom. The van der Waals surface area contributed by atoms with E-state index in [-0.39, 0.29) is 41.5 Å². The molecule has 3 N–H and O–H groups in total. The molecule has 0 radical (unpaired) electrons. The van der Waals surface area contributed by atoms with Gasteiger partial charge in [-0.15, -0.1) is 0 Å². The smallest absolute Gasteiger partial charge is 0.280 e. The van der Waals surface area contributed by atoms with Gasteiger partial charge in [0.05, 0.1) is 18.1 Å². The summed E-state index contributed by atoms with van der Waals surface area (Å²) in [5.74, 6) is -0.275. The van der Waals surface area contributed by atoms with Crippen molar-refractivity contribution in [2.75, 3.05) is 5.73 Å². The minimum Gasteiger partial charge on any atom is -0.379 e. The van der Waals surface area contributed by atoms with Gasteiger partial charge in [-0.05, 0) is 35.1 Å². The fraction of sp³-hybridized carbons (Fsp3) is 0.444. The van der Waals surface area contributed by atoms with Crippen molar-refractivity contribution in [3.05, 3.63) is 41.6 Å². The maximum Gasteiger partial charge on any atom is 0.280 e. The van der Waals surface area contributed by atoms with Crippen molar-refractivity contribution < 1.29 is 14.2 Å². The van der Waals surface area contributed by atoms with E-state index < -0.39 is 0 Å². The number of hydrogen-bond donors (Lipinski definition) is 2. The van der Waals surface area contributed by atoms with E-state index >= 15 is 0 Å². The van der Waals surface area contributed by atoms with Crippen molar-refractivity contribution in [2.45, 2.75) is 50.2 Å². The summed E-state index contributed by atoms with van der Waals surface area (Å²) < 4.78 is 4.62. The first-order valence-corrected chi connectivity index (χ1v) is 8.90. The largest absolute Gasteiger partial charge is 0.379 e. The zero-order valence-corrected chi connectivity index (χ0v) is 14.3. The highest BCUT2D eigenvalue weighted by Gasteiger charge is 2.46. The van der Waals surface area contributed by atoms with E-state index in [4.69, 9.17) is 5.73 Å². The highest BCUT2D eigenvalue weighted by molar-refractivity contribution is 5.97. The number of aromatic nitrogens is 2. The number of carbonyl (C=O) groups is 2. The molecule has 2 aliphatic rings. The maximum atomic E-state index is 13.2. The van der Waals surface area contributed by atoms with Crippen molar-refractivity contribution in [3.63, 3.8) is 0 Å². The molecule has 0 spiro atoms. The summed E-state index contributed by atoms with van der Waals surface area (Å²) in [7, 11) is 0. The van der Waals surface area contributed by atoms with Gasteiger partial charge in [-0.2, -0.15) is 0 Å². The molecule has 0 saturated carbocycles. The molecule has 2 amide bonds. The molecule has 1 aromatic heterocycles. The van der Waals surface area contributed by atoms with Crippen LogP contribution in [0.4, 0.5) is 5.82 Å². The Morgan fingerprint density at radius 1 is 1.23 bits per heavy atom. The number of nitrogens with zero attached hydrogens (tertiary/aromatic N) is 3. The molecule has 3 heterocycles. The van der Waals surface area contributed by atoms with Crippen LogP contribution in [0.3, 0.4) is 0 Å². The molecule has 0 unspecified atom stereocenters. The number of nitrogens with two attached hydrogens (primary N) is 1. The van der Waals surface area contributed by atoms with E-state index in [0.717, 1.165) is 24.8 Å². The highest BCUT2D eigenvalue weighted by atomic mass is 16.6. The number of anilines is 1. The zero-order valence-electron chi connectivity index (χ0n) is 14.3. The minimum absolute atomic E-state index is 0.0138. The van der Waals surface area contributed by atoms with Gasteiger partial charge in [-0.3, -0.25) is 9.59 Å². The van der Waals surface area contributed by atoms with Gasteiger partial charge >= 0.3 is 0 Å². The first kappa shape index (κ1) is 16.6. The molecule has 0 bridgehead atoms. The van der Waals surface area contributed by atoms with Crippen LogP contribution in [0.1, 0.15) is 54.2 Å². The Morgan fingerprint density at radius 3 is 2.77 bits per heavy atom. The van der Waals surface area contributed by atoms with Gasteiger partial charge in [0.15, 0.2) is 0 Å². The molecular weight excluding hydrogens is 334 g/mol. The van der Waals surface area contributed by atoms with Crippen molar-refractivity contribution in [2.24, 2.45) is 0 Å². The molecule has 8 heteroatoms. The molecule has 2 fully saturated rings. The Labute approximate surface area is 150 Å². The second-order valence-electron chi connectivity index (χ2n) is 6.86. The molecule has 4 rings (SSSR count). The van der Waals surface area contributed by atoms with Gasteiger partial charge in [0, 0.05) is 6.42 Å². The van der Waals surface area contributed by atoms with Crippen LogP contribution in [0.2, 0.25) is 0 Å². The Balaban J connectivity index is 1.73. The molecule has 3 atom stereocenters. The quantitative estimate of drug-likeness (QED) is 0.847. The van der Waals surface area contributed by atoms with E-state index in [2.05, 4.69) is 20.3 Å². The number of benzene rings is 1. The second kappa shape index (κ2) is 6.78. The van der Waals surface area contributed by atoms with Gasteiger partial charge in [0.2, 0.25) is 17.4 Å². The van der Waals surface area contributed by atoms with Gasteiger partial charge < -0.3 is 16.0 Å². The van der Waals surface area contributed by atoms with Crippen LogP contribution in [0, 0.1) is 0 Å². The summed E-state index contributed by atoms with van der Waals surface area (Å²) >= 11 is 0. The number of nitrogens with one attached hydrogen (secondary N) is 1. The standard InChI is InChI=1S/C18H21N5O3/c19-17-16(21-26-22-17)18(25)23-13-8-4-5-9-15(24)20-12(13)10-14(23)11-6-2-1-3-7-11/h1-3,6-7,12-14H,4-5,8-10H2,(H2,19,22)(H,20,24)/t12-,13+,14+/m1/s1. The Bertz CT molecular complexity index is 806. The molecule has 0 aliphatic carbocycles. The number of fused-ring (bicyclic) bond motifs is 1. The van der Waals surface area contributed by atoms with Crippen LogP contribution in [0.15, 0.2) is 35.0 Å². The monoisotopic (exact) mass is 355 g/mol. The minimum atomic E-state index is -0.306.